The van der Waals surface area contributed by atoms with Crippen LogP contribution in [0.3, 0.4) is 0 Å². The molecule has 2 heterocycles. The van der Waals surface area contributed by atoms with Gasteiger partial charge in [0.15, 0.2) is 0 Å². The summed E-state index contributed by atoms with van der Waals surface area (Å²) >= 11 is 0. The van der Waals surface area contributed by atoms with Crippen molar-refractivity contribution in [1.82, 2.24) is 24.8 Å². The van der Waals surface area contributed by atoms with Crippen LogP contribution in [0, 0.1) is 31.5 Å². The van der Waals surface area contributed by atoms with E-state index in [1.807, 2.05) is 0 Å². The van der Waals surface area contributed by atoms with Gasteiger partial charge >= 0.3 is 6.55 Å². The maximum Gasteiger partial charge on any atom is 0.342 e. The average molecular weight is 522 g/mol. The molecular weight excluding hydrogens is 495 g/mol. The number of carbonyl (C=O) groups excluding carboxylic acids is 1. The van der Waals surface area contributed by atoms with Crippen LogP contribution in [-0.2, 0) is 6.61 Å². The summed E-state index contributed by atoms with van der Waals surface area (Å²) < 4.78 is 47.0. The van der Waals surface area contributed by atoms with Gasteiger partial charge < -0.3 is 15.8 Å². The van der Waals surface area contributed by atoms with Crippen LogP contribution < -0.4 is 21.6 Å². The summed E-state index contributed by atoms with van der Waals surface area (Å²) in [6.07, 6.45) is 1.52. The molecule has 1 unspecified atom stereocenters. The lowest BCUT2D eigenvalue weighted by Gasteiger charge is -2.28. The van der Waals surface area contributed by atoms with E-state index < -0.39 is 36.2 Å². The Kier molecular flexibility index (Phi) is 7.96. The Hall–Kier alpha value is -4.27. The number of ether oxygens (including phenoxy) is 1. The fourth-order valence-corrected chi connectivity index (χ4v) is 3.51. The summed E-state index contributed by atoms with van der Waals surface area (Å²) in [5, 5.41) is 8.37. The first-order chi connectivity index (χ1) is 17.4. The van der Waals surface area contributed by atoms with E-state index in [9.17, 15) is 22.9 Å². The number of amidine groups is 1. The van der Waals surface area contributed by atoms with Crippen LogP contribution in [0.4, 0.5) is 13.2 Å². The number of imidazole rings is 1. The number of hydrazine groups is 1. The predicted octanol–water partition coefficient (Wildman–Crippen LogP) is 2.30. The lowest BCUT2D eigenvalue weighted by molar-refractivity contribution is -0.0271. The monoisotopic (exact) mass is 521 g/mol. The van der Waals surface area contributed by atoms with Crippen LogP contribution in [0.25, 0.3) is 5.65 Å². The maximum atomic E-state index is 14.3. The van der Waals surface area contributed by atoms with Gasteiger partial charge in [0.25, 0.3) is 11.8 Å². The number of aromatic nitrogens is 3. The van der Waals surface area contributed by atoms with Crippen LogP contribution >= 0.6 is 0 Å². The molecule has 37 heavy (non-hydrogen) atoms. The molecular formula is C22H26F3N9O3. The van der Waals surface area contributed by atoms with Gasteiger partial charge in [0, 0.05) is 11.8 Å². The number of hydrazone groups is 1. The van der Waals surface area contributed by atoms with Crippen LogP contribution in [0.5, 0.6) is 5.88 Å². The van der Waals surface area contributed by atoms with E-state index in [0.29, 0.717) is 16.8 Å². The molecule has 2 aromatic heterocycles. The van der Waals surface area contributed by atoms with Crippen molar-refractivity contribution in [3.05, 3.63) is 63.3 Å². The predicted molar refractivity (Wildman–Crippen MR) is 128 cm³/mol. The van der Waals surface area contributed by atoms with E-state index in [1.165, 1.54) is 23.6 Å². The number of benzene rings is 1. The van der Waals surface area contributed by atoms with Gasteiger partial charge in [-0.05, 0) is 39.3 Å². The third-order valence-electron chi connectivity index (χ3n) is 5.55. The highest BCUT2D eigenvalue weighted by molar-refractivity contribution is 6.00. The molecule has 1 amide bonds. The number of nitrogens with zero attached hydrogens (tertiary/aromatic N) is 6. The fourth-order valence-electron chi connectivity index (χ4n) is 3.51. The largest absolute Gasteiger partial charge is 0.470 e. The van der Waals surface area contributed by atoms with Crippen molar-refractivity contribution < 1.29 is 22.7 Å². The number of carbonyl (C=O) groups is 1. The highest BCUT2D eigenvalue weighted by Gasteiger charge is 2.35. The molecule has 1 atom stereocenters. The number of nitrogens with two attached hydrogens (primary N) is 2. The van der Waals surface area contributed by atoms with E-state index in [1.54, 1.807) is 32.9 Å². The topological polar surface area (TPSA) is 166 Å². The van der Waals surface area contributed by atoms with E-state index >= 15 is 0 Å². The quantitative estimate of drug-likeness (QED) is 0.0913. The van der Waals surface area contributed by atoms with Crippen LogP contribution in [0.15, 0.2) is 34.7 Å². The van der Waals surface area contributed by atoms with Gasteiger partial charge in [0.05, 0.1) is 11.4 Å². The Morgan fingerprint density at radius 1 is 1.30 bits per heavy atom. The van der Waals surface area contributed by atoms with E-state index in [4.69, 9.17) is 16.3 Å². The molecule has 12 nitrogen and oxygen atoms in total. The Morgan fingerprint density at radius 2 is 2.00 bits per heavy atom. The summed E-state index contributed by atoms with van der Waals surface area (Å²) in [4.78, 5) is 33.1. The van der Waals surface area contributed by atoms with Crippen molar-refractivity contribution in [3.8, 4) is 5.88 Å². The number of nitroso groups, excluding NO2 is 1. The zero-order valence-corrected chi connectivity index (χ0v) is 20.5. The van der Waals surface area contributed by atoms with Crippen LogP contribution in [-0.4, -0.2) is 49.9 Å². The minimum Gasteiger partial charge on any atom is -0.470 e. The van der Waals surface area contributed by atoms with Crippen molar-refractivity contribution in [2.75, 3.05) is 6.54 Å². The number of rotatable bonds is 10. The summed E-state index contributed by atoms with van der Waals surface area (Å²) in [5.74, 6) is 3.37. The van der Waals surface area contributed by atoms with Gasteiger partial charge in [-0.15, -0.1) is 5.10 Å². The zero-order chi connectivity index (χ0) is 27.5. The standard InChI is InChI=1S/C22H26F3N9O3/c1-11-6-5-7-15(23)14(11)9-37-19-17-30-13(3)16(33(17)8-12(2)29-19)18(35)31-22(4,10-28-36)20(26)32-34(27)21(24)25/h5-8,21H,9-10,27H2,1-4H3,(H2,26,32)(H,31,35). The van der Waals surface area contributed by atoms with Crippen LogP contribution in [0.1, 0.15) is 39.9 Å². The van der Waals surface area contributed by atoms with Gasteiger partial charge in [-0.1, -0.05) is 17.3 Å². The summed E-state index contributed by atoms with van der Waals surface area (Å²) in [7, 11) is 0. The first kappa shape index (κ1) is 27.3. The van der Waals surface area contributed by atoms with Crippen molar-refractivity contribution in [3.63, 3.8) is 0 Å². The number of nitrogens with one attached hydrogen (secondary N) is 1. The summed E-state index contributed by atoms with van der Waals surface area (Å²) in [6, 6.07) is 4.65. The van der Waals surface area contributed by atoms with Crippen LogP contribution in [0.2, 0.25) is 0 Å². The summed E-state index contributed by atoms with van der Waals surface area (Å²) in [6.45, 7) is 2.29. The third-order valence-corrected chi connectivity index (χ3v) is 5.55. The molecule has 15 heteroatoms. The number of halogens is 3. The minimum atomic E-state index is -3.18. The second-order valence-corrected chi connectivity index (χ2v) is 8.47. The van der Waals surface area contributed by atoms with Crippen molar-refractivity contribution >= 4 is 17.4 Å². The first-order valence-electron chi connectivity index (χ1n) is 10.9. The number of amides is 1. The molecule has 0 aliphatic carbocycles. The average Bonchev–Trinajstić information content (AvgIpc) is 3.14. The van der Waals surface area contributed by atoms with Gasteiger partial charge in [-0.25, -0.2) is 20.2 Å². The van der Waals surface area contributed by atoms with Crippen molar-refractivity contribution in [1.29, 1.82) is 0 Å². The van der Waals surface area contributed by atoms with Gasteiger partial charge in [-0.3, -0.25) is 9.20 Å². The first-order valence-corrected chi connectivity index (χ1v) is 10.9. The zero-order valence-electron chi connectivity index (χ0n) is 20.5. The normalized spacial score (nSPS) is 13.5. The smallest absolute Gasteiger partial charge is 0.342 e. The van der Waals surface area contributed by atoms with Crippen molar-refractivity contribution in [2.24, 2.45) is 21.9 Å². The lowest BCUT2D eigenvalue weighted by atomic mass is 10.0. The Morgan fingerprint density at radius 3 is 2.62 bits per heavy atom. The Bertz CT molecular complexity index is 1340. The van der Waals surface area contributed by atoms with E-state index in [-0.39, 0.29) is 34.6 Å². The Balaban J connectivity index is 1.98. The molecule has 0 aliphatic heterocycles. The summed E-state index contributed by atoms with van der Waals surface area (Å²) in [5.41, 5.74) is 5.97. The molecule has 1 aromatic carbocycles. The third kappa shape index (κ3) is 5.77. The highest BCUT2D eigenvalue weighted by Crippen LogP contribution is 2.24. The number of fused-ring (bicyclic) bond motifs is 1. The fraction of sp³-hybridized carbons (Fsp3) is 0.364. The molecule has 0 bridgehead atoms. The SMILES string of the molecule is Cc1cn2c(C(=O)NC(C)(CN=O)/C(N)=N/N(N)C(F)F)c(C)nc2c(OCc2c(C)cccc2F)n1. The lowest BCUT2D eigenvalue weighted by Crippen LogP contribution is -2.58. The molecule has 0 saturated heterocycles. The second-order valence-electron chi connectivity index (χ2n) is 8.47. The van der Waals surface area contributed by atoms with Gasteiger partial charge in [0.1, 0.15) is 36.0 Å². The molecule has 198 valence electrons. The maximum absolute atomic E-state index is 14.3. The number of aryl methyl sites for hydroxylation is 3. The van der Waals surface area contributed by atoms with E-state index in [2.05, 4.69) is 25.6 Å². The molecule has 0 fully saturated rings. The van der Waals surface area contributed by atoms with Gasteiger partial charge in [0.2, 0.25) is 5.65 Å². The molecule has 5 N–H and O–H groups in total. The molecule has 0 spiro atoms. The minimum absolute atomic E-state index is 0.0239. The Labute approximate surface area is 209 Å². The highest BCUT2D eigenvalue weighted by atomic mass is 19.3. The number of alkyl halides is 2. The molecule has 3 aromatic rings. The number of hydrogen-bond acceptors (Lipinski definition) is 9. The number of hydrogen-bond donors (Lipinski definition) is 3. The molecule has 0 aliphatic rings. The molecule has 0 radical (unpaired) electrons. The molecule has 3 rings (SSSR count). The van der Waals surface area contributed by atoms with Gasteiger partial charge in [-0.2, -0.15) is 18.8 Å². The molecule has 0 saturated carbocycles. The van der Waals surface area contributed by atoms with E-state index in [0.717, 1.165) is 0 Å². The van der Waals surface area contributed by atoms with Crippen molar-refractivity contribution in [2.45, 2.75) is 46.4 Å². The second kappa shape index (κ2) is 10.8.